The number of hydrogen-bond donors (Lipinski definition) is 2. The molecule has 3 rings (SSSR count). The van der Waals surface area contributed by atoms with Crippen LogP contribution in [0.1, 0.15) is 89.8 Å². The molecule has 240 valence electrons. The van der Waals surface area contributed by atoms with Gasteiger partial charge in [0.2, 0.25) is 5.88 Å². The monoisotopic (exact) mass is 612 g/mol. The molecule has 12 nitrogen and oxygen atoms in total. The number of aromatic amines is 1. The van der Waals surface area contributed by atoms with Crippen molar-refractivity contribution in [1.82, 2.24) is 15.5 Å². The molecule has 1 aromatic carbocycles. The first-order chi connectivity index (χ1) is 21.1. The summed E-state index contributed by atoms with van der Waals surface area (Å²) in [5.41, 5.74) is 2.68. The Bertz CT molecular complexity index is 1350. The van der Waals surface area contributed by atoms with Crippen molar-refractivity contribution in [3.63, 3.8) is 0 Å². The normalized spacial score (nSPS) is 14.9. The summed E-state index contributed by atoms with van der Waals surface area (Å²) in [6, 6.07) is 7.83. The first-order valence-corrected chi connectivity index (χ1v) is 15.2. The van der Waals surface area contributed by atoms with E-state index in [1.54, 1.807) is 19.9 Å². The molecule has 1 aromatic heterocycles. The van der Waals surface area contributed by atoms with E-state index < -0.39 is 22.8 Å². The van der Waals surface area contributed by atoms with Crippen molar-refractivity contribution < 1.29 is 33.5 Å². The number of hydrogen-bond acceptors (Lipinski definition) is 10. The van der Waals surface area contributed by atoms with Gasteiger partial charge in [-0.25, -0.2) is 9.59 Å². The molecule has 1 aliphatic heterocycles. The molecule has 12 heteroatoms. The van der Waals surface area contributed by atoms with Crippen LogP contribution < -0.4 is 10.1 Å². The van der Waals surface area contributed by atoms with Gasteiger partial charge in [-0.15, -0.1) is 5.10 Å². The Morgan fingerprint density at radius 3 is 2.20 bits per heavy atom. The molecule has 0 amide bonds. The van der Waals surface area contributed by atoms with Crippen LogP contribution in [0, 0.1) is 10.1 Å². The summed E-state index contributed by atoms with van der Waals surface area (Å²) in [7, 11) is 0. The average molecular weight is 613 g/mol. The van der Waals surface area contributed by atoms with Gasteiger partial charge in [0.15, 0.2) is 0 Å². The summed E-state index contributed by atoms with van der Waals surface area (Å²) < 4.78 is 22.3. The number of non-ortho nitro benzene ring substituents is 1. The number of carbonyl (C=O) groups excluding carboxylic acids is 2. The van der Waals surface area contributed by atoms with Crippen molar-refractivity contribution in [3.05, 3.63) is 74.2 Å². The maximum absolute atomic E-state index is 13.5. The van der Waals surface area contributed by atoms with E-state index in [1.807, 2.05) is 13.0 Å². The molecule has 0 spiro atoms. The first-order valence-electron chi connectivity index (χ1n) is 15.2. The van der Waals surface area contributed by atoms with Crippen molar-refractivity contribution in [1.29, 1.82) is 0 Å². The fraction of sp³-hybridized carbons (Fsp3) is 0.531. The van der Waals surface area contributed by atoms with Crippen molar-refractivity contribution >= 4 is 17.6 Å². The zero-order valence-corrected chi connectivity index (χ0v) is 26.3. The molecule has 0 aliphatic carbocycles. The highest BCUT2D eigenvalue weighted by Gasteiger charge is 2.38. The number of nitro groups is 1. The Morgan fingerprint density at radius 2 is 1.59 bits per heavy atom. The van der Waals surface area contributed by atoms with Gasteiger partial charge in [-0.1, -0.05) is 32.9 Å². The summed E-state index contributed by atoms with van der Waals surface area (Å²) in [6.45, 7) is 11.1. The second-order valence-electron chi connectivity index (χ2n) is 11.0. The number of ether oxygens (including phenoxy) is 4. The lowest BCUT2D eigenvalue weighted by Gasteiger charge is -2.30. The Balaban J connectivity index is 1.63. The molecule has 44 heavy (non-hydrogen) atoms. The zero-order valence-electron chi connectivity index (χ0n) is 26.3. The number of benzene rings is 1. The molecule has 2 aromatic rings. The molecule has 0 saturated carbocycles. The van der Waals surface area contributed by atoms with E-state index in [2.05, 4.69) is 29.4 Å². The quantitative estimate of drug-likeness (QED) is 0.0909. The lowest BCUT2D eigenvalue weighted by Crippen LogP contribution is -2.33. The number of rotatable bonds is 18. The van der Waals surface area contributed by atoms with Crippen LogP contribution in [-0.4, -0.2) is 60.1 Å². The van der Waals surface area contributed by atoms with Crippen LogP contribution in [0.25, 0.3) is 0 Å². The van der Waals surface area contributed by atoms with Gasteiger partial charge >= 0.3 is 11.9 Å². The van der Waals surface area contributed by atoms with Crippen LogP contribution in [-0.2, 0) is 23.8 Å². The van der Waals surface area contributed by atoms with Gasteiger partial charge in [-0.05, 0) is 57.4 Å². The summed E-state index contributed by atoms with van der Waals surface area (Å²) in [5, 5.41) is 21.8. The highest BCUT2D eigenvalue weighted by atomic mass is 16.6. The number of aromatic nitrogens is 2. The number of nitrogens with zero attached hydrogens (tertiary/aromatic N) is 2. The Labute approximate surface area is 258 Å². The fourth-order valence-corrected chi connectivity index (χ4v) is 4.87. The van der Waals surface area contributed by atoms with Crippen molar-refractivity contribution in [2.45, 2.75) is 78.6 Å². The molecule has 0 saturated heterocycles. The van der Waals surface area contributed by atoms with E-state index >= 15 is 0 Å². The summed E-state index contributed by atoms with van der Waals surface area (Å²) >= 11 is 0. The lowest BCUT2D eigenvalue weighted by molar-refractivity contribution is -0.384. The topological polar surface area (TPSA) is 155 Å². The third kappa shape index (κ3) is 9.66. The van der Waals surface area contributed by atoms with Gasteiger partial charge in [0.1, 0.15) is 6.61 Å². The summed E-state index contributed by atoms with van der Waals surface area (Å²) in [6.07, 6.45) is 4.04. The molecule has 0 radical (unpaired) electrons. The van der Waals surface area contributed by atoms with E-state index in [0.29, 0.717) is 48.4 Å². The standard InChI is InChI=1S/C32H44N4O8/c1-6-14-41-17-18-44-32(38)29-23(5)33-22(4)28(30(29)24-12-11-13-25(19-24)36(39)40)31(37)43-16-10-8-7-9-15-42-27-20-26(21(2)3)34-35-27/h11-13,19-21,30,33H,6-10,14-18H2,1-5H3,(H,34,35). The smallest absolute Gasteiger partial charge is 0.336 e. The van der Waals surface area contributed by atoms with Gasteiger partial charge in [-0.3, -0.25) is 15.2 Å². The number of dihydropyridines is 1. The molecular weight excluding hydrogens is 568 g/mol. The van der Waals surface area contributed by atoms with Gasteiger partial charge < -0.3 is 24.3 Å². The SMILES string of the molecule is CCCOCCOC(=O)C1=C(C)NC(C)=C(C(=O)OCCCCCCOc2cc(C(C)C)[nH]n2)C1c1cccc([N+](=O)[O-])c1. The Hall–Kier alpha value is -4.19. The summed E-state index contributed by atoms with van der Waals surface area (Å²) in [4.78, 5) is 37.8. The molecule has 2 heterocycles. The van der Waals surface area contributed by atoms with E-state index in [4.69, 9.17) is 18.9 Å². The van der Waals surface area contributed by atoms with Gasteiger partial charge in [0.05, 0.1) is 41.8 Å². The second-order valence-corrected chi connectivity index (χ2v) is 11.0. The van der Waals surface area contributed by atoms with E-state index in [0.717, 1.165) is 31.4 Å². The second kappa shape index (κ2) is 17.2. The number of unbranched alkanes of at least 4 members (excludes halogenated alkanes) is 3. The highest BCUT2D eigenvalue weighted by molar-refractivity contribution is 6.00. The van der Waals surface area contributed by atoms with Crippen LogP contribution in [0.5, 0.6) is 5.88 Å². The van der Waals surface area contributed by atoms with E-state index in [1.165, 1.54) is 18.2 Å². The van der Waals surface area contributed by atoms with E-state index in [9.17, 15) is 19.7 Å². The van der Waals surface area contributed by atoms with Gasteiger partial charge in [-0.2, -0.15) is 0 Å². The zero-order chi connectivity index (χ0) is 32.1. The highest BCUT2D eigenvalue weighted by Crippen LogP contribution is 2.40. The van der Waals surface area contributed by atoms with E-state index in [-0.39, 0.29) is 36.7 Å². The largest absolute Gasteiger partial charge is 0.477 e. The number of nitrogens with one attached hydrogen (secondary N) is 2. The first kappa shape index (κ1) is 34.3. The number of nitro benzene ring substituents is 1. The molecule has 1 unspecified atom stereocenters. The number of carbonyl (C=O) groups is 2. The van der Waals surface area contributed by atoms with Crippen LogP contribution in [0.2, 0.25) is 0 Å². The van der Waals surface area contributed by atoms with Gasteiger partial charge in [0.25, 0.3) is 5.69 Å². The van der Waals surface area contributed by atoms with Crippen molar-refractivity contribution in [2.24, 2.45) is 0 Å². The molecule has 0 fully saturated rings. The van der Waals surface area contributed by atoms with Crippen molar-refractivity contribution in [3.8, 4) is 5.88 Å². The lowest BCUT2D eigenvalue weighted by atomic mass is 9.80. The number of H-pyrrole nitrogens is 1. The number of allylic oxidation sites excluding steroid dienone is 2. The van der Waals surface area contributed by atoms with Crippen LogP contribution >= 0.6 is 0 Å². The predicted octanol–water partition coefficient (Wildman–Crippen LogP) is 5.83. The minimum Gasteiger partial charge on any atom is -0.477 e. The average Bonchev–Trinajstić information content (AvgIpc) is 3.47. The minimum absolute atomic E-state index is 0.0332. The minimum atomic E-state index is -0.914. The van der Waals surface area contributed by atoms with Crippen LogP contribution in [0.3, 0.4) is 0 Å². The van der Waals surface area contributed by atoms with Crippen molar-refractivity contribution in [2.75, 3.05) is 33.0 Å². The molecule has 1 atom stereocenters. The maximum atomic E-state index is 13.5. The fourth-order valence-electron chi connectivity index (χ4n) is 4.87. The van der Waals surface area contributed by atoms with Crippen LogP contribution in [0.15, 0.2) is 52.9 Å². The van der Waals surface area contributed by atoms with Gasteiger partial charge in [0, 0.05) is 41.9 Å². The third-order valence-electron chi connectivity index (χ3n) is 7.14. The molecule has 1 aliphatic rings. The molecule has 2 N–H and O–H groups in total. The third-order valence-corrected chi connectivity index (χ3v) is 7.14. The number of esters is 2. The predicted molar refractivity (Wildman–Crippen MR) is 164 cm³/mol. The Morgan fingerprint density at radius 1 is 0.932 bits per heavy atom. The Kier molecular flexibility index (Phi) is 13.4. The molecular formula is C32H44N4O8. The summed E-state index contributed by atoms with van der Waals surface area (Å²) in [5.74, 6) is -1.21. The van der Waals surface area contributed by atoms with Crippen LogP contribution in [0.4, 0.5) is 5.69 Å². The maximum Gasteiger partial charge on any atom is 0.336 e. The molecule has 0 bridgehead atoms.